The minimum atomic E-state index is -0.0361. The van der Waals surface area contributed by atoms with E-state index in [1.807, 2.05) is 36.0 Å². The lowest BCUT2D eigenvalue weighted by molar-refractivity contribution is 0.0744. The standard InChI is InChI=1S/C42H65N3O3S/c1-2-3-4-5-6-7-8-9-10-11-12-13-14-15-16-18-31-47-35-45-40-34-37(25-23-36(40)24-26-42(45)46)48-32-19-17-28-43-29-30-44-39-21-20-22-41-38(39)27-33-49-41/h20-21,23-27,34,41,43H,2-19,22,28-33,35H2,1H3. The Morgan fingerprint density at radius 3 is 2.22 bits per heavy atom. The van der Waals surface area contributed by atoms with Crippen LogP contribution in [0.2, 0.25) is 0 Å². The second kappa shape index (κ2) is 24.7. The van der Waals surface area contributed by atoms with Crippen molar-refractivity contribution >= 4 is 28.4 Å². The van der Waals surface area contributed by atoms with E-state index in [4.69, 9.17) is 14.5 Å². The lowest BCUT2D eigenvalue weighted by atomic mass is 9.98. The van der Waals surface area contributed by atoms with Crippen molar-refractivity contribution < 1.29 is 9.47 Å². The number of benzene rings is 1. The van der Waals surface area contributed by atoms with Gasteiger partial charge in [-0.1, -0.05) is 115 Å². The first-order valence-electron chi connectivity index (χ1n) is 19.8. The van der Waals surface area contributed by atoms with Crippen molar-refractivity contribution in [1.82, 2.24) is 9.88 Å². The van der Waals surface area contributed by atoms with E-state index in [0.29, 0.717) is 18.5 Å². The van der Waals surface area contributed by atoms with Gasteiger partial charge in [0.2, 0.25) is 0 Å². The van der Waals surface area contributed by atoms with Crippen LogP contribution in [-0.4, -0.2) is 54.1 Å². The van der Waals surface area contributed by atoms with Crippen molar-refractivity contribution in [1.29, 1.82) is 0 Å². The fourth-order valence-electron chi connectivity index (χ4n) is 6.80. The van der Waals surface area contributed by atoms with E-state index in [1.54, 1.807) is 10.6 Å². The van der Waals surface area contributed by atoms with Crippen molar-refractivity contribution in [2.24, 2.45) is 4.99 Å². The number of hydrogen-bond acceptors (Lipinski definition) is 6. The number of rotatable bonds is 28. The molecular weight excluding hydrogens is 627 g/mol. The number of aromatic nitrogens is 1. The van der Waals surface area contributed by atoms with Gasteiger partial charge in [-0.2, -0.15) is 0 Å². The van der Waals surface area contributed by atoms with E-state index in [1.165, 1.54) is 108 Å². The summed E-state index contributed by atoms with van der Waals surface area (Å²) in [4.78, 5) is 17.6. The maximum atomic E-state index is 12.7. The number of fused-ring (bicyclic) bond motifs is 2. The van der Waals surface area contributed by atoms with Gasteiger partial charge in [0.05, 0.1) is 24.4 Å². The Balaban J connectivity index is 1.01. The number of pyridine rings is 1. The normalized spacial score (nSPS) is 16.5. The molecule has 1 aliphatic carbocycles. The Hall–Kier alpha value is -2.35. The smallest absolute Gasteiger partial charge is 0.252 e. The lowest BCUT2D eigenvalue weighted by Crippen LogP contribution is -2.21. The molecule has 0 saturated heterocycles. The largest absolute Gasteiger partial charge is 0.494 e. The third-order valence-electron chi connectivity index (χ3n) is 9.78. The van der Waals surface area contributed by atoms with Gasteiger partial charge in [-0.3, -0.25) is 14.4 Å². The molecule has 1 aromatic heterocycles. The van der Waals surface area contributed by atoms with Crippen LogP contribution in [0.25, 0.3) is 10.9 Å². The Kier molecular flexibility index (Phi) is 19.9. The molecule has 0 spiro atoms. The van der Waals surface area contributed by atoms with Gasteiger partial charge in [0.25, 0.3) is 5.56 Å². The Morgan fingerprint density at radius 1 is 0.816 bits per heavy atom. The molecule has 0 amide bonds. The minimum absolute atomic E-state index is 0.0361. The molecule has 49 heavy (non-hydrogen) atoms. The zero-order valence-corrected chi connectivity index (χ0v) is 31.4. The van der Waals surface area contributed by atoms with Crippen LogP contribution in [0.15, 0.2) is 63.9 Å². The van der Waals surface area contributed by atoms with E-state index < -0.39 is 0 Å². The van der Waals surface area contributed by atoms with Gasteiger partial charge in [-0.25, -0.2) is 0 Å². The van der Waals surface area contributed by atoms with Crippen molar-refractivity contribution in [3.8, 4) is 5.75 Å². The molecule has 1 atom stereocenters. The first-order valence-corrected chi connectivity index (χ1v) is 20.9. The molecule has 1 aromatic carbocycles. The molecule has 272 valence electrons. The SMILES string of the molecule is CCCCCCCCCCCCCCCCCCOCn1c(=O)ccc2ccc(OCCCCNCCN=C3C=CCC4SCC=C34)cc21. The molecule has 0 saturated carbocycles. The summed E-state index contributed by atoms with van der Waals surface area (Å²) in [5.74, 6) is 1.92. The van der Waals surface area contributed by atoms with Crippen LogP contribution in [0.5, 0.6) is 5.75 Å². The maximum Gasteiger partial charge on any atom is 0.252 e. The molecule has 0 bridgehead atoms. The number of nitrogens with zero attached hydrogens (tertiary/aromatic N) is 2. The number of nitrogens with one attached hydrogen (secondary N) is 1. The predicted molar refractivity (Wildman–Crippen MR) is 212 cm³/mol. The highest BCUT2D eigenvalue weighted by Gasteiger charge is 2.24. The van der Waals surface area contributed by atoms with Crippen LogP contribution in [0.4, 0.5) is 0 Å². The van der Waals surface area contributed by atoms with E-state index in [-0.39, 0.29) is 12.3 Å². The van der Waals surface area contributed by atoms with Crippen molar-refractivity contribution in [2.75, 3.05) is 38.6 Å². The second-order valence-electron chi connectivity index (χ2n) is 13.9. The number of unbranched alkanes of at least 4 members (excludes halogenated alkanes) is 16. The molecule has 2 heterocycles. The molecule has 4 rings (SSSR count). The van der Waals surface area contributed by atoms with Crippen LogP contribution in [-0.2, 0) is 11.5 Å². The third kappa shape index (κ3) is 15.2. The fourth-order valence-corrected chi connectivity index (χ4v) is 7.96. The van der Waals surface area contributed by atoms with Gasteiger partial charge < -0.3 is 14.8 Å². The van der Waals surface area contributed by atoms with Crippen LogP contribution in [0, 0.1) is 0 Å². The molecule has 0 fully saturated rings. The average Bonchev–Trinajstić information content (AvgIpc) is 3.61. The summed E-state index contributed by atoms with van der Waals surface area (Å²) in [6, 6.07) is 9.52. The first kappa shape index (κ1) is 39.4. The molecule has 2 aromatic rings. The highest BCUT2D eigenvalue weighted by molar-refractivity contribution is 8.00. The van der Waals surface area contributed by atoms with Crippen LogP contribution >= 0.6 is 11.8 Å². The second-order valence-corrected chi connectivity index (χ2v) is 15.1. The van der Waals surface area contributed by atoms with Gasteiger partial charge in [0.1, 0.15) is 12.5 Å². The molecule has 7 heteroatoms. The quantitative estimate of drug-likeness (QED) is 0.0900. The van der Waals surface area contributed by atoms with E-state index in [9.17, 15) is 4.79 Å². The molecule has 1 aliphatic heterocycles. The van der Waals surface area contributed by atoms with Crippen molar-refractivity contribution in [3.05, 3.63) is 64.5 Å². The third-order valence-corrected chi connectivity index (χ3v) is 11.0. The Bertz CT molecular complexity index is 1350. The number of ether oxygens (including phenoxy) is 2. The van der Waals surface area contributed by atoms with Crippen molar-refractivity contribution in [3.63, 3.8) is 0 Å². The first-order chi connectivity index (χ1) is 24.3. The fraction of sp³-hybridized carbons (Fsp3) is 0.667. The van der Waals surface area contributed by atoms with Gasteiger partial charge in [-0.05, 0) is 67.5 Å². The van der Waals surface area contributed by atoms with E-state index in [0.717, 1.165) is 67.7 Å². The molecule has 6 nitrogen and oxygen atoms in total. The Labute approximate surface area is 301 Å². The molecule has 0 radical (unpaired) electrons. The summed E-state index contributed by atoms with van der Waals surface area (Å²) in [7, 11) is 0. The number of aliphatic imine (C=N–C) groups is 1. The maximum absolute atomic E-state index is 12.7. The highest BCUT2D eigenvalue weighted by Crippen LogP contribution is 2.33. The van der Waals surface area contributed by atoms with Gasteiger partial charge >= 0.3 is 0 Å². The van der Waals surface area contributed by atoms with Gasteiger partial charge in [0, 0.05) is 36.3 Å². The zero-order chi connectivity index (χ0) is 34.2. The van der Waals surface area contributed by atoms with Crippen LogP contribution in [0.1, 0.15) is 129 Å². The zero-order valence-electron chi connectivity index (χ0n) is 30.6. The Morgan fingerprint density at radius 2 is 1.49 bits per heavy atom. The monoisotopic (exact) mass is 691 g/mol. The van der Waals surface area contributed by atoms with Crippen LogP contribution in [0.3, 0.4) is 0 Å². The highest BCUT2D eigenvalue weighted by atomic mass is 32.2. The van der Waals surface area contributed by atoms with Gasteiger partial charge in [0.15, 0.2) is 0 Å². The topological polar surface area (TPSA) is 64.8 Å². The molecule has 1 unspecified atom stereocenters. The van der Waals surface area contributed by atoms with E-state index >= 15 is 0 Å². The van der Waals surface area contributed by atoms with Gasteiger partial charge in [-0.15, -0.1) is 11.8 Å². The summed E-state index contributed by atoms with van der Waals surface area (Å²) in [5, 5.41) is 5.16. The molecule has 2 aliphatic rings. The summed E-state index contributed by atoms with van der Waals surface area (Å²) >= 11 is 2.02. The minimum Gasteiger partial charge on any atom is -0.494 e. The average molecular weight is 692 g/mol. The van der Waals surface area contributed by atoms with E-state index in [2.05, 4.69) is 30.5 Å². The number of hydrogen-bond donors (Lipinski definition) is 1. The summed E-state index contributed by atoms with van der Waals surface area (Å²) in [6.45, 7) is 6.58. The van der Waals surface area contributed by atoms with Crippen LogP contribution < -0.4 is 15.6 Å². The van der Waals surface area contributed by atoms with Crippen molar-refractivity contribution in [2.45, 2.75) is 141 Å². The summed E-state index contributed by atoms with van der Waals surface area (Å²) in [5.41, 5.74) is 3.45. The summed E-state index contributed by atoms with van der Waals surface area (Å²) in [6.07, 6.45) is 31.7. The number of allylic oxidation sites excluding steroid dienone is 2. The molecule has 1 N–H and O–H groups in total. The predicted octanol–water partition coefficient (Wildman–Crippen LogP) is 10.4. The summed E-state index contributed by atoms with van der Waals surface area (Å²) < 4.78 is 13.8. The number of thioether (sulfide) groups is 1. The lowest BCUT2D eigenvalue weighted by Gasteiger charge is -2.17. The molecular formula is C42H65N3O3S.